The molecule has 1 N–H and O–H groups in total. The van der Waals surface area contributed by atoms with E-state index in [9.17, 15) is 13.6 Å². The van der Waals surface area contributed by atoms with Crippen molar-refractivity contribution in [2.75, 3.05) is 13.7 Å². The van der Waals surface area contributed by atoms with Gasteiger partial charge in [-0.3, -0.25) is 4.79 Å². The molecule has 0 spiro atoms. The van der Waals surface area contributed by atoms with Crippen LogP contribution in [0.3, 0.4) is 0 Å². The van der Waals surface area contributed by atoms with Gasteiger partial charge in [-0.2, -0.15) is 8.78 Å². The fourth-order valence-electron chi connectivity index (χ4n) is 3.45. The van der Waals surface area contributed by atoms with Crippen LogP contribution in [0.1, 0.15) is 44.7 Å². The number of nitrogens with one attached hydrogen (secondary N) is 1. The maximum Gasteiger partial charge on any atom is 0.295 e. The van der Waals surface area contributed by atoms with Gasteiger partial charge in [-0.25, -0.2) is 4.98 Å². The summed E-state index contributed by atoms with van der Waals surface area (Å²) in [5.41, 5.74) is -0.950. The summed E-state index contributed by atoms with van der Waals surface area (Å²) in [5.74, 6) is -2.29. The molecule has 26 heavy (non-hydrogen) atoms. The van der Waals surface area contributed by atoms with E-state index in [1.54, 1.807) is 18.2 Å². The van der Waals surface area contributed by atoms with E-state index in [0.29, 0.717) is 22.7 Å². The van der Waals surface area contributed by atoms with E-state index < -0.39 is 23.6 Å². The van der Waals surface area contributed by atoms with Gasteiger partial charge >= 0.3 is 0 Å². The summed E-state index contributed by atoms with van der Waals surface area (Å²) < 4.78 is 39.8. The number of nitrogens with zero attached hydrogens (tertiary/aromatic N) is 1. The van der Waals surface area contributed by atoms with Gasteiger partial charge in [0.1, 0.15) is 5.75 Å². The number of halogens is 2. The smallest absolute Gasteiger partial charge is 0.295 e. The number of benzene rings is 1. The molecule has 0 saturated heterocycles. The van der Waals surface area contributed by atoms with E-state index in [1.165, 1.54) is 7.11 Å². The number of hydrogen-bond donors (Lipinski definition) is 1. The highest BCUT2D eigenvalue weighted by Gasteiger charge is 2.36. The zero-order valence-corrected chi connectivity index (χ0v) is 15.1. The fraction of sp³-hybridized carbons (Fsp3) is 0.579. The van der Waals surface area contributed by atoms with Gasteiger partial charge in [0, 0.05) is 19.1 Å². The van der Waals surface area contributed by atoms with E-state index >= 15 is 0 Å². The molecule has 2 aromatic rings. The molecule has 0 aliphatic heterocycles. The number of methoxy groups -OCH3 is 1. The predicted molar refractivity (Wildman–Crippen MR) is 94.8 cm³/mol. The molecular weight excluding hydrogens is 342 g/mol. The molecule has 1 aliphatic rings. The first kappa shape index (κ1) is 18.8. The Kier molecular flexibility index (Phi) is 5.55. The van der Waals surface area contributed by atoms with Gasteiger partial charge in [0.2, 0.25) is 0 Å². The number of rotatable bonds is 7. The van der Waals surface area contributed by atoms with E-state index in [1.807, 2.05) is 0 Å². The molecule has 142 valence electrons. The third kappa shape index (κ3) is 4.03. The van der Waals surface area contributed by atoms with Gasteiger partial charge in [0.15, 0.2) is 5.69 Å². The van der Waals surface area contributed by atoms with Gasteiger partial charge in [0.25, 0.3) is 11.5 Å². The third-order valence-corrected chi connectivity index (χ3v) is 5.00. The summed E-state index contributed by atoms with van der Waals surface area (Å²) in [7, 11) is 1.49. The summed E-state index contributed by atoms with van der Waals surface area (Å²) in [6.07, 6.45) is 3.13. The number of alkyl halides is 2. The first-order chi connectivity index (χ1) is 12.4. The molecule has 0 bridgehead atoms. The molecule has 1 aliphatic carbocycles. The molecule has 1 heterocycles. The zero-order valence-electron chi connectivity index (χ0n) is 15.1. The first-order valence-electron chi connectivity index (χ1n) is 8.98. The minimum Gasteiger partial charge on any atom is -0.497 e. The Balaban J connectivity index is 1.67. The summed E-state index contributed by atoms with van der Waals surface area (Å²) >= 11 is 0. The van der Waals surface area contributed by atoms with Crippen molar-refractivity contribution in [1.29, 1.82) is 0 Å². The van der Waals surface area contributed by atoms with E-state index in [2.05, 4.69) is 16.9 Å². The number of aromatic nitrogens is 2. The fourth-order valence-corrected chi connectivity index (χ4v) is 3.45. The predicted octanol–water partition coefficient (Wildman–Crippen LogP) is 4.01. The lowest BCUT2D eigenvalue weighted by Gasteiger charge is -2.18. The highest BCUT2D eigenvalue weighted by Crippen LogP contribution is 2.32. The molecule has 1 saturated carbocycles. The second kappa shape index (κ2) is 7.70. The Morgan fingerprint density at radius 1 is 1.35 bits per heavy atom. The van der Waals surface area contributed by atoms with Crippen LogP contribution in [0.2, 0.25) is 0 Å². The van der Waals surface area contributed by atoms with Crippen LogP contribution in [-0.2, 0) is 10.7 Å². The number of aromatic amines is 1. The van der Waals surface area contributed by atoms with Crippen molar-refractivity contribution in [3.63, 3.8) is 0 Å². The Morgan fingerprint density at radius 3 is 2.85 bits per heavy atom. The number of fused-ring (bicyclic) bond motifs is 1. The summed E-state index contributed by atoms with van der Waals surface area (Å²) in [5, 5.41) is 0. The maximum absolute atomic E-state index is 14.5. The van der Waals surface area contributed by atoms with Crippen molar-refractivity contribution in [1.82, 2.24) is 9.97 Å². The second-order valence-electron chi connectivity index (χ2n) is 6.92. The Morgan fingerprint density at radius 2 is 2.15 bits per heavy atom. The lowest BCUT2D eigenvalue weighted by molar-refractivity contribution is -0.0359. The molecule has 2 atom stereocenters. The van der Waals surface area contributed by atoms with Crippen molar-refractivity contribution in [2.24, 2.45) is 5.92 Å². The van der Waals surface area contributed by atoms with Crippen LogP contribution in [0.25, 0.3) is 11.0 Å². The second-order valence-corrected chi connectivity index (χ2v) is 6.92. The van der Waals surface area contributed by atoms with Crippen LogP contribution < -0.4 is 10.3 Å². The van der Waals surface area contributed by atoms with Gasteiger partial charge < -0.3 is 14.5 Å². The van der Waals surface area contributed by atoms with E-state index in [-0.39, 0.29) is 19.1 Å². The largest absolute Gasteiger partial charge is 0.497 e. The van der Waals surface area contributed by atoms with Crippen LogP contribution in [0.4, 0.5) is 8.78 Å². The molecule has 1 unspecified atom stereocenters. The Labute approximate surface area is 150 Å². The molecule has 7 heteroatoms. The SMILES string of the molecule is COc1ccc2nc(C(F)(F)CCCO[C@@H]3CCCC3C)c(=O)[nH]c2c1. The highest BCUT2D eigenvalue weighted by atomic mass is 19.3. The summed E-state index contributed by atoms with van der Waals surface area (Å²) in [6.45, 7) is 2.40. The molecule has 5 nitrogen and oxygen atoms in total. The monoisotopic (exact) mass is 366 g/mol. The number of ether oxygens (including phenoxy) is 2. The number of H-pyrrole nitrogens is 1. The summed E-state index contributed by atoms with van der Waals surface area (Å²) in [6, 6.07) is 4.72. The normalized spacial score (nSPS) is 20.6. The maximum atomic E-state index is 14.5. The lowest BCUT2D eigenvalue weighted by Crippen LogP contribution is -2.28. The van der Waals surface area contributed by atoms with Crippen LogP contribution in [0.5, 0.6) is 5.75 Å². The quantitative estimate of drug-likeness (QED) is 0.752. The summed E-state index contributed by atoms with van der Waals surface area (Å²) in [4.78, 5) is 18.5. The Hall–Kier alpha value is -2.02. The standard InChI is InChI=1S/C19H24F2N2O3/c1-12-5-3-6-16(12)26-10-4-9-19(20,21)17-18(24)23-15-11-13(25-2)7-8-14(15)22-17/h7-8,11-12,16H,3-6,9-10H2,1-2H3,(H,23,24)/t12?,16-/m1/s1. The molecule has 0 amide bonds. The van der Waals surface area contributed by atoms with Crippen LogP contribution in [0, 0.1) is 5.92 Å². The molecule has 0 radical (unpaired) electrons. The van der Waals surface area contributed by atoms with Crippen molar-refractivity contribution in [3.05, 3.63) is 34.2 Å². The molecule has 1 aromatic heterocycles. The first-order valence-corrected chi connectivity index (χ1v) is 8.98. The van der Waals surface area contributed by atoms with Gasteiger partial charge in [-0.15, -0.1) is 0 Å². The topological polar surface area (TPSA) is 64.2 Å². The van der Waals surface area contributed by atoms with Gasteiger partial charge in [-0.05, 0) is 37.3 Å². The van der Waals surface area contributed by atoms with Crippen molar-refractivity contribution < 1.29 is 18.3 Å². The average Bonchev–Trinajstić information content (AvgIpc) is 3.02. The minimum absolute atomic E-state index is 0.167. The average molecular weight is 366 g/mol. The zero-order chi connectivity index (χ0) is 18.7. The van der Waals surface area contributed by atoms with Gasteiger partial charge in [0.05, 0.1) is 24.2 Å². The molecule has 1 aromatic carbocycles. The van der Waals surface area contributed by atoms with Crippen LogP contribution >= 0.6 is 0 Å². The molecule has 1 fully saturated rings. The van der Waals surface area contributed by atoms with Crippen molar-refractivity contribution in [3.8, 4) is 5.75 Å². The molecule has 3 rings (SSSR count). The van der Waals surface area contributed by atoms with E-state index in [4.69, 9.17) is 9.47 Å². The van der Waals surface area contributed by atoms with Crippen LogP contribution in [-0.4, -0.2) is 29.8 Å². The van der Waals surface area contributed by atoms with Crippen molar-refractivity contribution >= 4 is 11.0 Å². The van der Waals surface area contributed by atoms with Crippen LogP contribution in [0.15, 0.2) is 23.0 Å². The number of hydrogen-bond acceptors (Lipinski definition) is 4. The molecular formula is C19H24F2N2O3. The highest BCUT2D eigenvalue weighted by molar-refractivity contribution is 5.75. The van der Waals surface area contributed by atoms with Gasteiger partial charge in [-0.1, -0.05) is 13.3 Å². The lowest BCUT2D eigenvalue weighted by atomic mass is 10.1. The van der Waals surface area contributed by atoms with Crippen molar-refractivity contribution in [2.45, 2.75) is 51.1 Å². The van der Waals surface area contributed by atoms with E-state index in [0.717, 1.165) is 19.3 Å². The minimum atomic E-state index is -3.30. The Bertz CT molecular complexity index is 822. The third-order valence-electron chi connectivity index (χ3n) is 5.00.